The summed E-state index contributed by atoms with van der Waals surface area (Å²) in [6, 6.07) is 6.61. The maximum absolute atomic E-state index is 13.3. The lowest BCUT2D eigenvalue weighted by atomic mass is 10.1. The van der Waals surface area contributed by atoms with Crippen LogP contribution >= 0.6 is 11.8 Å². The molecule has 3 heterocycles. The van der Waals surface area contributed by atoms with Gasteiger partial charge in [0, 0.05) is 17.4 Å². The van der Waals surface area contributed by atoms with E-state index in [9.17, 15) is 9.18 Å². The van der Waals surface area contributed by atoms with E-state index in [4.69, 9.17) is 0 Å². The predicted octanol–water partition coefficient (Wildman–Crippen LogP) is 2.48. The number of nitrogens with one attached hydrogen (secondary N) is 2. The van der Waals surface area contributed by atoms with Crippen molar-refractivity contribution in [1.29, 1.82) is 0 Å². The highest BCUT2D eigenvalue weighted by Gasteiger charge is 2.18. The summed E-state index contributed by atoms with van der Waals surface area (Å²) < 4.78 is 15.4. The van der Waals surface area contributed by atoms with Crippen LogP contribution in [0.4, 0.5) is 4.39 Å². The van der Waals surface area contributed by atoms with Crippen LogP contribution in [0.1, 0.15) is 24.4 Å². The summed E-state index contributed by atoms with van der Waals surface area (Å²) in [6.45, 7) is 1.99. The Bertz CT molecular complexity index is 948. The van der Waals surface area contributed by atoms with Gasteiger partial charge >= 0.3 is 0 Å². The number of thioether (sulfide) groups is 1. The number of aromatic nitrogens is 4. The third-order valence-corrected chi connectivity index (χ3v) is 5.49. The van der Waals surface area contributed by atoms with Crippen molar-refractivity contribution < 1.29 is 4.39 Å². The van der Waals surface area contributed by atoms with E-state index < -0.39 is 0 Å². The normalized spacial score (nSPS) is 15.7. The van der Waals surface area contributed by atoms with E-state index in [1.54, 1.807) is 12.4 Å². The van der Waals surface area contributed by atoms with E-state index in [2.05, 4.69) is 25.1 Å². The zero-order chi connectivity index (χ0) is 17.2. The van der Waals surface area contributed by atoms with Crippen molar-refractivity contribution in [3.05, 3.63) is 52.3 Å². The van der Waals surface area contributed by atoms with E-state index in [1.807, 2.05) is 6.07 Å². The van der Waals surface area contributed by atoms with E-state index in [-0.39, 0.29) is 11.4 Å². The van der Waals surface area contributed by atoms with Crippen LogP contribution < -0.4 is 10.9 Å². The number of halogens is 1. The number of hydrogen-bond donors (Lipinski definition) is 2. The molecule has 0 bridgehead atoms. The van der Waals surface area contributed by atoms with Crippen molar-refractivity contribution in [2.75, 3.05) is 13.1 Å². The number of H-pyrrole nitrogens is 1. The second-order valence-corrected chi connectivity index (χ2v) is 7.09. The van der Waals surface area contributed by atoms with Crippen LogP contribution in [-0.2, 0) is 5.75 Å². The van der Waals surface area contributed by atoms with Gasteiger partial charge in [-0.25, -0.2) is 4.39 Å². The fourth-order valence-corrected chi connectivity index (χ4v) is 4.09. The molecule has 0 saturated carbocycles. The first kappa shape index (κ1) is 16.3. The highest BCUT2D eigenvalue weighted by molar-refractivity contribution is 7.98. The molecule has 1 aliphatic heterocycles. The number of piperidine rings is 1. The zero-order valence-electron chi connectivity index (χ0n) is 13.5. The van der Waals surface area contributed by atoms with Gasteiger partial charge in [-0.3, -0.25) is 4.79 Å². The Morgan fingerprint density at radius 3 is 2.96 bits per heavy atom. The predicted molar refractivity (Wildman–Crippen MR) is 95.3 cm³/mol. The van der Waals surface area contributed by atoms with Gasteiger partial charge in [0.05, 0.1) is 5.52 Å². The van der Waals surface area contributed by atoms with Gasteiger partial charge in [-0.05, 0) is 55.6 Å². The molecule has 0 unspecified atom stereocenters. The van der Waals surface area contributed by atoms with Crippen molar-refractivity contribution in [1.82, 2.24) is 25.1 Å². The number of fused-ring (bicyclic) bond motifs is 1. The van der Waals surface area contributed by atoms with Crippen molar-refractivity contribution in [2.45, 2.75) is 29.8 Å². The number of nitrogens with zero attached hydrogens (tertiary/aromatic N) is 3. The first-order valence-electron chi connectivity index (χ1n) is 8.25. The second-order valence-electron chi connectivity index (χ2n) is 6.15. The SMILES string of the molecule is O=c1[nH]c2cc(F)ccc2cc1CSc1nncn1C1CCNCC1. The third-order valence-electron chi connectivity index (χ3n) is 4.48. The molecule has 0 atom stereocenters. The highest BCUT2D eigenvalue weighted by atomic mass is 32.2. The van der Waals surface area contributed by atoms with Crippen molar-refractivity contribution >= 4 is 22.7 Å². The maximum atomic E-state index is 13.3. The molecule has 1 aromatic carbocycles. The lowest BCUT2D eigenvalue weighted by Gasteiger charge is -2.24. The third kappa shape index (κ3) is 3.45. The van der Waals surface area contributed by atoms with Crippen LogP contribution in [0.2, 0.25) is 0 Å². The molecule has 6 nitrogen and oxygen atoms in total. The van der Waals surface area contributed by atoms with Gasteiger partial charge in [-0.2, -0.15) is 0 Å². The van der Waals surface area contributed by atoms with Gasteiger partial charge < -0.3 is 14.9 Å². The van der Waals surface area contributed by atoms with Gasteiger partial charge in [0.25, 0.3) is 5.56 Å². The van der Waals surface area contributed by atoms with E-state index >= 15 is 0 Å². The van der Waals surface area contributed by atoms with Gasteiger partial charge in [-0.1, -0.05) is 11.8 Å². The Balaban J connectivity index is 1.55. The standard InChI is InChI=1S/C17H18FN5OS/c18-13-2-1-11-7-12(16(24)21-15(11)8-13)9-25-17-22-20-10-23(17)14-3-5-19-6-4-14/h1-2,7-8,10,14,19H,3-6,9H2,(H,21,24). The first-order chi connectivity index (χ1) is 12.2. The summed E-state index contributed by atoms with van der Waals surface area (Å²) in [5.74, 6) is 0.132. The monoisotopic (exact) mass is 359 g/mol. The fraction of sp³-hybridized carbons (Fsp3) is 0.353. The number of pyridine rings is 1. The number of benzene rings is 1. The topological polar surface area (TPSA) is 75.6 Å². The first-order valence-corrected chi connectivity index (χ1v) is 9.24. The van der Waals surface area contributed by atoms with Crippen molar-refractivity contribution in [3.63, 3.8) is 0 Å². The summed E-state index contributed by atoms with van der Waals surface area (Å²) in [5.41, 5.74) is 0.958. The van der Waals surface area contributed by atoms with Crippen LogP contribution in [0.25, 0.3) is 10.9 Å². The number of rotatable bonds is 4. The van der Waals surface area contributed by atoms with Gasteiger partial charge in [0.1, 0.15) is 12.1 Å². The molecule has 0 spiro atoms. The Morgan fingerprint density at radius 2 is 2.12 bits per heavy atom. The molecule has 2 N–H and O–H groups in total. The summed E-state index contributed by atoms with van der Waals surface area (Å²) in [6.07, 6.45) is 3.87. The summed E-state index contributed by atoms with van der Waals surface area (Å²) in [7, 11) is 0. The molecule has 0 amide bonds. The quantitative estimate of drug-likeness (QED) is 0.700. The van der Waals surface area contributed by atoms with Crippen molar-refractivity contribution in [2.24, 2.45) is 0 Å². The maximum Gasteiger partial charge on any atom is 0.252 e. The number of aromatic amines is 1. The molecule has 3 aromatic rings. The molecule has 1 saturated heterocycles. The molecule has 0 radical (unpaired) electrons. The van der Waals surface area contributed by atoms with Gasteiger partial charge in [-0.15, -0.1) is 10.2 Å². The summed E-state index contributed by atoms with van der Waals surface area (Å²) >= 11 is 1.50. The summed E-state index contributed by atoms with van der Waals surface area (Å²) in [4.78, 5) is 15.0. The molecule has 4 rings (SSSR count). The molecule has 0 aliphatic carbocycles. The lowest BCUT2D eigenvalue weighted by molar-refractivity contribution is 0.350. The molecular formula is C17H18FN5OS. The average Bonchev–Trinajstić information content (AvgIpc) is 3.09. The van der Waals surface area contributed by atoms with Crippen LogP contribution in [-0.4, -0.2) is 32.8 Å². The van der Waals surface area contributed by atoms with Crippen LogP contribution in [0.15, 0.2) is 40.5 Å². The molecule has 8 heteroatoms. The average molecular weight is 359 g/mol. The van der Waals surface area contributed by atoms with Crippen LogP contribution in [0.5, 0.6) is 0 Å². The minimum absolute atomic E-state index is 0.196. The van der Waals surface area contributed by atoms with E-state index in [1.165, 1.54) is 23.9 Å². The Morgan fingerprint density at radius 1 is 1.28 bits per heavy atom. The Hall–Kier alpha value is -2.19. The Labute approximate surface area is 147 Å². The van der Waals surface area contributed by atoms with Crippen LogP contribution in [0.3, 0.4) is 0 Å². The molecular weight excluding hydrogens is 341 g/mol. The van der Waals surface area contributed by atoms with Gasteiger partial charge in [0.15, 0.2) is 5.16 Å². The molecule has 1 fully saturated rings. The highest BCUT2D eigenvalue weighted by Crippen LogP contribution is 2.27. The molecule has 2 aromatic heterocycles. The lowest BCUT2D eigenvalue weighted by Crippen LogP contribution is -2.29. The van der Waals surface area contributed by atoms with E-state index in [0.717, 1.165) is 36.5 Å². The minimum atomic E-state index is -0.361. The molecule has 130 valence electrons. The Kier molecular flexibility index (Phi) is 4.54. The summed E-state index contributed by atoms with van der Waals surface area (Å²) in [5, 5.41) is 13.2. The molecule has 1 aliphatic rings. The van der Waals surface area contributed by atoms with E-state index in [0.29, 0.717) is 22.9 Å². The fourth-order valence-electron chi connectivity index (χ4n) is 3.14. The smallest absolute Gasteiger partial charge is 0.252 e. The second kappa shape index (κ2) is 6.97. The van der Waals surface area contributed by atoms with Crippen molar-refractivity contribution in [3.8, 4) is 0 Å². The zero-order valence-corrected chi connectivity index (χ0v) is 14.4. The van der Waals surface area contributed by atoms with Gasteiger partial charge in [0.2, 0.25) is 0 Å². The number of hydrogen-bond acceptors (Lipinski definition) is 5. The minimum Gasteiger partial charge on any atom is -0.322 e. The largest absolute Gasteiger partial charge is 0.322 e. The van der Waals surface area contributed by atoms with Crippen LogP contribution in [0, 0.1) is 5.82 Å². The molecule has 25 heavy (non-hydrogen) atoms.